The van der Waals surface area contributed by atoms with Gasteiger partial charge in [-0.3, -0.25) is 9.78 Å². The topological polar surface area (TPSA) is 63.3 Å². The summed E-state index contributed by atoms with van der Waals surface area (Å²) in [6, 6.07) is 20.9. The van der Waals surface area contributed by atoms with Gasteiger partial charge in [-0.2, -0.15) is 0 Å². The van der Waals surface area contributed by atoms with Crippen LogP contribution < -0.4 is 0 Å². The first-order chi connectivity index (χ1) is 24.5. The van der Waals surface area contributed by atoms with Gasteiger partial charge in [-0.1, -0.05) is 105 Å². The molecule has 0 saturated heterocycles. The number of pyridine rings is 1. The number of aliphatic hydroxyl groups excluding tert-OH is 1. The molecule has 3 aromatic heterocycles. The second-order valence-electron chi connectivity index (χ2n) is 16.5. The molecule has 0 aliphatic rings. The van der Waals surface area contributed by atoms with Gasteiger partial charge in [0.25, 0.3) is 0 Å². The van der Waals surface area contributed by atoms with Crippen molar-refractivity contribution in [1.82, 2.24) is 4.98 Å². The Hall–Kier alpha value is -3.31. The largest absolute Gasteiger partial charge is 0.512 e. The smallest absolute Gasteiger partial charge is 0.164 e. The fraction of sp³-hybridized carbons (Fsp3) is 0.447. The quantitative estimate of drug-likeness (QED) is 0.0845. The molecule has 3 heterocycles. The van der Waals surface area contributed by atoms with Crippen LogP contribution in [-0.4, -0.2) is 15.9 Å². The summed E-state index contributed by atoms with van der Waals surface area (Å²) in [6.07, 6.45) is 7.68. The summed E-state index contributed by atoms with van der Waals surface area (Å²) in [5.74, 6) is 0.870. The maximum Gasteiger partial charge on any atom is 0.164 e. The summed E-state index contributed by atoms with van der Waals surface area (Å²) < 4.78 is 7.75. The van der Waals surface area contributed by atoms with E-state index in [1.165, 1.54) is 42.9 Å². The molecule has 6 aromatic rings. The zero-order valence-corrected chi connectivity index (χ0v) is 37.1. The van der Waals surface area contributed by atoms with Crippen LogP contribution in [0.25, 0.3) is 54.1 Å². The molecular weight excluding hydrogens is 851 g/mol. The predicted octanol–water partition coefficient (Wildman–Crippen LogP) is 14.3. The number of rotatable bonds is 10. The van der Waals surface area contributed by atoms with Gasteiger partial charge in [0, 0.05) is 74.6 Å². The van der Waals surface area contributed by atoms with Gasteiger partial charge in [-0.25, -0.2) is 0 Å². The van der Waals surface area contributed by atoms with E-state index in [0.29, 0.717) is 5.92 Å². The summed E-state index contributed by atoms with van der Waals surface area (Å²) in [6.45, 7) is 25.7. The minimum absolute atomic E-state index is 0. The van der Waals surface area contributed by atoms with Gasteiger partial charge in [-0.05, 0) is 74.1 Å². The fourth-order valence-corrected chi connectivity index (χ4v) is 8.20. The molecule has 4 nitrogen and oxygen atoms in total. The first kappa shape index (κ1) is 42.4. The van der Waals surface area contributed by atoms with Crippen molar-refractivity contribution in [1.29, 1.82) is 0 Å². The van der Waals surface area contributed by atoms with Crippen LogP contribution in [0.5, 0.6) is 0 Å². The van der Waals surface area contributed by atoms with Crippen molar-refractivity contribution >= 4 is 59.9 Å². The third kappa shape index (κ3) is 8.36. The Labute approximate surface area is 334 Å². The molecule has 0 fully saturated rings. The molecule has 1 N–H and O–H groups in total. The molecule has 285 valence electrons. The molecule has 0 aliphatic heterocycles. The number of furan rings is 1. The second kappa shape index (κ2) is 16.6. The van der Waals surface area contributed by atoms with E-state index in [9.17, 15) is 9.90 Å². The van der Waals surface area contributed by atoms with E-state index in [1.54, 1.807) is 0 Å². The monoisotopic (exact) mass is 909 g/mol. The van der Waals surface area contributed by atoms with Gasteiger partial charge in [0.2, 0.25) is 0 Å². The average molecular weight is 909 g/mol. The molecule has 0 saturated carbocycles. The maximum atomic E-state index is 12.2. The second-order valence-corrected chi connectivity index (χ2v) is 17.8. The molecule has 0 bridgehead atoms. The number of thiophene rings is 1. The average Bonchev–Trinajstić information content (AvgIpc) is 3.66. The Bertz CT molecular complexity index is 2260. The van der Waals surface area contributed by atoms with Gasteiger partial charge in [-0.15, -0.1) is 40.5 Å². The number of allylic oxidation sites excluding steroid dienone is 2. The molecule has 53 heavy (non-hydrogen) atoms. The van der Waals surface area contributed by atoms with Crippen molar-refractivity contribution in [3.05, 3.63) is 88.6 Å². The standard InChI is InChI=1S/C32H30NOS.C15H28O2.Ir/c1-18(2)15-23-19(3)35-27-12-11-25-29(28(23)27)30-26(34-25)13-14-33-31(30)21-16-20-9-7-8-10-22(20)24(17-21)32(4,5)6;1-7-14(5,8-2)12(16)11-13(17)15(6,9-3)10-4;/h7-14,17-18H,15H2,1-6H3;11,16H,7-10H2,1-6H3;/q-1;;/b;12-11-;. The number of aliphatic hydroxyl groups is 1. The Morgan fingerprint density at radius 3 is 2.11 bits per heavy atom. The Balaban J connectivity index is 0.000000299. The zero-order chi connectivity index (χ0) is 38.2. The van der Waals surface area contributed by atoms with Crippen LogP contribution in [0.1, 0.15) is 118 Å². The number of carbonyl (C=O) groups is 1. The van der Waals surface area contributed by atoms with Crippen LogP contribution in [0.15, 0.2) is 71.0 Å². The Morgan fingerprint density at radius 1 is 0.887 bits per heavy atom. The first-order valence-corrected chi connectivity index (χ1v) is 20.0. The van der Waals surface area contributed by atoms with E-state index in [1.807, 2.05) is 65.1 Å². The number of fused-ring (bicyclic) bond motifs is 6. The van der Waals surface area contributed by atoms with Gasteiger partial charge >= 0.3 is 0 Å². The zero-order valence-electron chi connectivity index (χ0n) is 33.8. The number of ketones is 1. The van der Waals surface area contributed by atoms with E-state index >= 15 is 0 Å². The summed E-state index contributed by atoms with van der Waals surface area (Å²) in [5.41, 5.74) is 5.94. The first-order valence-electron chi connectivity index (χ1n) is 19.1. The minimum Gasteiger partial charge on any atom is -0.512 e. The van der Waals surface area contributed by atoms with Gasteiger partial charge in [0.1, 0.15) is 16.9 Å². The van der Waals surface area contributed by atoms with Gasteiger partial charge in [0.05, 0.1) is 0 Å². The predicted molar refractivity (Wildman–Crippen MR) is 224 cm³/mol. The molecule has 3 aromatic carbocycles. The number of hydrogen-bond donors (Lipinski definition) is 1. The third-order valence-corrected chi connectivity index (χ3v) is 12.7. The van der Waals surface area contributed by atoms with E-state index in [2.05, 4.69) is 90.1 Å². The SMILES string of the molecule is CCC(C)(CC)C(=O)/C=C(\O)C(C)(CC)CC.Cc1sc2ccc3oc4ccnc(-c5[c-]c6ccccc6c(C(C)(C)C)c5)c4c3c2c1CC(C)C.[Ir]. The molecular formula is C47H58IrNO3S-. The minimum atomic E-state index is -0.337. The van der Waals surface area contributed by atoms with Crippen molar-refractivity contribution in [3.63, 3.8) is 0 Å². The van der Waals surface area contributed by atoms with Gasteiger partial charge in [0.15, 0.2) is 5.78 Å². The Kier molecular flexibility index (Phi) is 13.3. The summed E-state index contributed by atoms with van der Waals surface area (Å²) in [5, 5.41) is 16.1. The normalized spacial score (nSPS) is 12.8. The molecule has 1 radical (unpaired) electrons. The number of nitrogens with zero attached hydrogens (tertiary/aromatic N) is 1. The van der Waals surface area contributed by atoms with Crippen LogP contribution in [0.2, 0.25) is 0 Å². The van der Waals surface area contributed by atoms with E-state index < -0.39 is 0 Å². The van der Waals surface area contributed by atoms with Crippen molar-refractivity contribution in [2.45, 2.75) is 121 Å². The van der Waals surface area contributed by atoms with Crippen molar-refractivity contribution in [2.24, 2.45) is 16.7 Å². The van der Waals surface area contributed by atoms with Crippen LogP contribution in [0.4, 0.5) is 0 Å². The summed E-state index contributed by atoms with van der Waals surface area (Å²) >= 11 is 1.89. The fourth-order valence-electron chi connectivity index (χ4n) is 7.09. The van der Waals surface area contributed by atoms with Crippen LogP contribution in [0.3, 0.4) is 0 Å². The number of aryl methyl sites for hydroxylation is 1. The summed E-state index contributed by atoms with van der Waals surface area (Å²) in [7, 11) is 0. The third-order valence-electron chi connectivity index (χ3n) is 11.6. The number of hydrogen-bond acceptors (Lipinski definition) is 5. The molecule has 6 rings (SSSR count). The van der Waals surface area contributed by atoms with Crippen molar-refractivity contribution in [2.75, 3.05) is 0 Å². The number of aromatic nitrogens is 1. The molecule has 6 heteroatoms. The van der Waals surface area contributed by atoms with Crippen LogP contribution >= 0.6 is 11.3 Å². The number of benzene rings is 3. The van der Waals surface area contributed by atoms with E-state index in [0.717, 1.165) is 65.3 Å². The number of carbonyl (C=O) groups excluding carboxylic acids is 1. The summed E-state index contributed by atoms with van der Waals surface area (Å²) in [4.78, 5) is 18.5. The van der Waals surface area contributed by atoms with Crippen LogP contribution in [-0.2, 0) is 36.7 Å². The Morgan fingerprint density at radius 2 is 1.51 bits per heavy atom. The molecule has 0 spiro atoms. The van der Waals surface area contributed by atoms with E-state index in [-0.39, 0.29) is 47.9 Å². The van der Waals surface area contributed by atoms with Crippen molar-refractivity contribution in [3.8, 4) is 11.3 Å². The van der Waals surface area contributed by atoms with Crippen LogP contribution in [0, 0.1) is 29.7 Å². The molecule has 0 atom stereocenters. The maximum absolute atomic E-state index is 12.2. The molecule has 0 aliphatic carbocycles. The van der Waals surface area contributed by atoms with E-state index in [4.69, 9.17) is 9.40 Å². The van der Waals surface area contributed by atoms with Crippen molar-refractivity contribution < 1.29 is 34.4 Å². The molecule has 0 amide bonds. The molecule has 0 unspecified atom stereocenters. The van der Waals surface area contributed by atoms with Gasteiger partial charge < -0.3 is 9.52 Å².